The molecule has 1 unspecified atom stereocenters. The van der Waals surface area contributed by atoms with Crippen molar-refractivity contribution in [1.29, 1.82) is 0 Å². The molecule has 2 saturated heterocycles. The second kappa shape index (κ2) is 8.26. The third kappa shape index (κ3) is 3.81. The van der Waals surface area contributed by atoms with Crippen LogP contribution in [0.3, 0.4) is 0 Å². The van der Waals surface area contributed by atoms with E-state index in [1.54, 1.807) is 17.2 Å². The van der Waals surface area contributed by atoms with Gasteiger partial charge in [0.15, 0.2) is 11.6 Å². The number of aryl methyl sites for hydroxylation is 1. The van der Waals surface area contributed by atoms with E-state index in [4.69, 9.17) is 4.74 Å². The highest BCUT2D eigenvalue weighted by molar-refractivity contribution is 6.00. The van der Waals surface area contributed by atoms with Crippen molar-refractivity contribution >= 4 is 5.91 Å². The van der Waals surface area contributed by atoms with E-state index in [0.29, 0.717) is 18.3 Å². The molecule has 1 aliphatic carbocycles. The van der Waals surface area contributed by atoms with E-state index in [1.165, 1.54) is 12.1 Å². The quantitative estimate of drug-likeness (QED) is 0.613. The maximum absolute atomic E-state index is 14.8. The van der Waals surface area contributed by atoms with E-state index in [-0.39, 0.29) is 35.0 Å². The molecule has 1 aromatic carbocycles. The van der Waals surface area contributed by atoms with Crippen LogP contribution in [-0.2, 0) is 0 Å². The summed E-state index contributed by atoms with van der Waals surface area (Å²) < 4.78 is 34.2. The number of hydrogen-bond donors (Lipinski definition) is 0. The third-order valence-corrected chi connectivity index (χ3v) is 6.23. The van der Waals surface area contributed by atoms with Gasteiger partial charge in [0.25, 0.3) is 5.91 Å². The van der Waals surface area contributed by atoms with Gasteiger partial charge in [-0.05, 0) is 49.8 Å². The van der Waals surface area contributed by atoms with Crippen molar-refractivity contribution in [2.75, 3.05) is 6.54 Å². The number of ether oxygens (including phenoxy) is 1. The molecule has 3 aromatic rings. The fraction of sp³-hybridized carbons (Fsp3) is 0.333. The Hall–Kier alpha value is -3.42. The molecule has 0 N–H and O–H groups in total. The molecule has 4 heterocycles. The van der Waals surface area contributed by atoms with Crippen molar-refractivity contribution in [1.82, 2.24) is 19.9 Å². The number of carbonyl (C=O) groups is 1. The molecule has 6 nitrogen and oxygen atoms in total. The number of aromatic nitrogens is 3. The van der Waals surface area contributed by atoms with Gasteiger partial charge in [0.05, 0.1) is 29.6 Å². The van der Waals surface area contributed by atoms with Gasteiger partial charge in [-0.2, -0.15) is 0 Å². The highest BCUT2D eigenvalue weighted by Gasteiger charge is 2.45. The van der Waals surface area contributed by atoms with Crippen LogP contribution in [-0.4, -0.2) is 44.4 Å². The summed E-state index contributed by atoms with van der Waals surface area (Å²) in [5, 5.41) is 0. The van der Waals surface area contributed by atoms with Crippen LogP contribution < -0.4 is 4.74 Å². The topological polar surface area (TPSA) is 68.2 Å². The second-order valence-electron chi connectivity index (χ2n) is 8.42. The smallest absolute Gasteiger partial charge is 0.255 e. The summed E-state index contributed by atoms with van der Waals surface area (Å²) in [6.07, 6.45) is 6.18. The van der Waals surface area contributed by atoms with Crippen molar-refractivity contribution in [3.8, 4) is 17.3 Å². The molecule has 3 aliphatic rings. The first-order valence-electron chi connectivity index (χ1n) is 10.7. The second-order valence-corrected chi connectivity index (χ2v) is 8.42. The number of piperidine rings is 2. The molecule has 0 spiro atoms. The van der Waals surface area contributed by atoms with Crippen LogP contribution in [0.4, 0.5) is 8.78 Å². The van der Waals surface area contributed by atoms with E-state index < -0.39 is 11.6 Å². The van der Waals surface area contributed by atoms with Gasteiger partial charge < -0.3 is 9.64 Å². The Morgan fingerprint density at radius 1 is 1.06 bits per heavy atom. The molecule has 2 aromatic heterocycles. The van der Waals surface area contributed by atoms with Crippen LogP contribution in [0.15, 0.2) is 48.9 Å². The number of fused-ring (bicyclic) bond motifs is 3. The van der Waals surface area contributed by atoms with Gasteiger partial charge in [-0.3, -0.25) is 4.79 Å². The van der Waals surface area contributed by atoms with Crippen molar-refractivity contribution in [3.63, 3.8) is 0 Å². The summed E-state index contributed by atoms with van der Waals surface area (Å²) in [4.78, 5) is 27.5. The Morgan fingerprint density at radius 2 is 1.88 bits per heavy atom. The summed E-state index contributed by atoms with van der Waals surface area (Å²) >= 11 is 0. The molecule has 3 atom stereocenters. The van der Waals surface area contributed by atoms with Crippen LogP contribution in [0.25, 0.3) is 11.4 Å². The van der Waals surface area contributed by atoms with Gasteiger partial charge in [-0.1, -0.05) is 12.1 Å². The Morgan fingerprint density at radius 3 is 2.59 bits per heavy atom. The standard InChI is InChI=1S/C24H22F2N4O2/c1-14-5-8-21(27-10-14)32-20-9-15-6-7-19(20)30(13-15)24(31)17-3-2-4-18(26)22(17)23-28-11-16(25)12-29-23/h2-5,8,10-12,15,19-20H,6-7,9,13H2,1H3/t15?,19-,20+/m0/s1. The zero-order valence-electron chi connectivity index (χ0n) is 17.5. The van der Waals surface area contributed by atoms with Crippen molar-refractivity contribution in [2.24, 2.45) is 5.92 Å². The number of amides is 1. The number of pyridine rings is 1. The summed E-state index contributed by atoms with van der Waals surface area (Å²) in [5.74, 6) is -0.735. The van der Waals surface area contributed by atoms with E-state index in [2.05, 4.69) is 15.0 Å². The lowest BCUT2D eigenvalue weighted by Gasteiger charge is -2.49. The molecule has 32 heavy (non-hydrogen) atoms. The van der Waals surface area contributed by atoms with Crippen LogP contribution in [0.5, 0.6) is 5.88 Å². The van der Waals surface area contributed by atoms with Crippen LogP contribution in [0.1, 0.15) is 35.2 Å². The third-order valence-electron chi connectivity index (χ3n) is 6.23. The summed E-state index contributed by atoms with van der Waals surface area (Å²) in [5.41, 5.74) is 1.19. The molecular formula is C24H22F2N4O2. The number of nitrogens with zero attached hydrogens (tertiary/aromatic N) is 4. The van der Waals surface area contributed by atoms with Crippen LogP contribution in [0, 0.1) is 24.5 Å². The summed E-state index contributed by atoms with van der Waals surface area (Å²) in [7, 11) is 0. The molecule has 164 valence electrons. The minimum atomic E-state index is -0.629. The minimum Gasteiger partial charge on any atom is -0.472 e. The van der Waals surface area contributed by atoms with Crippen molar-refractivity contribution < 1.29 is 18.3 Å². The van der Waals surface area contributed by atoms with Gasteiger partial charge in [-0.25, -0.2) is 23.7 Å². The maximum Gasteiger partial charge on any atom is 0.255 e. The van der Waals surface area contributed by atoms with Crippen LogP contribution in [0.2, 0.25) is 0 Å². The average Bonchev–Trinajstić information content (AvgIpc) is 2.81. The lowest BCUT2D eigenvalue weighted by atomic mass is 9.77. The van der Waals surface area contributed by atoms with Gasteiger partial charge >= 0.3 is 0 Å². The minimum absolute atomic E-state index is 0.0170. The molecule has 2 aliphatic heterocycles. The predicted molar refractivity (Wildman–Crippen MR) is 113 cm³/mol. The summed E-state index contributed by atoms with van der Waals surface area (Å²) in [6.45, 7) is 2.55. The molecule has 6 rings (SSSR count). The molecule has 2 bridgehead atoms. The molecule has 3 fully saturated rings. The Kier molecular flexibility index (Phi) is 5.28. The van der Waals surface area contributed by atoms with Crippen LogP contribution >= 0.6 is 0 Å². The maximum atomic E-state index is 14.8. The van der Waals surface area contributed by atoms with Gasteiger partial charge in [0, 0.05) is 18.8 Å². The first-order valence-corrected chi connectivity index (χ1v) is 10.7. The Balaban J connectivity index is 1.45. The van der Waals surface area contributed by atoms with Gasteiger partial charge in [-0.15, -0.1) is 0 Å². The lowest BCUT2D eigenvalue weighted by Crippen LogP contribution is -2.59. The zero-order valence-corrected chi connectivity index (χ0v) is 17.5. The molecule has 8 heteroatoms. The number of benzene rings is 1. The van der Waals surface area contributed by atoms with Gasteiger partial charge in [0.2, 0.25) is 5.88 Å². The average molecular weight is 436 g/mol. The summed E-state index contributed by atoms with van der Waals surface area (Å²) in [6, 6.07) is 7.93. The Bertz CT molecular complexity index is 1140. The monoisotopic (exact) mass is 436 g/mol. The lowest BCUT2D eigenvalue weighted by molar-refractivity contribution is -0.0313. The van der Waals surface area contributed by atoms with E-state index >= 15 is 0 Å². The molecular weight excluding hydrogens is 414 g/mol. The highest BCUT2D eigenvalue weighted by atomic mass is 19.1. The number of carbonyl (C=O) groups excluding carboxylic acids is 1. The van der Waals surface area contributed by atoms with Crippen molar-refractivity contribution in [3.05, 3.63) is 71.7 Å². The number of hydrogen-bond acceptors (Lipinski definition) is 5. The van der Waals surface area contributed by atoms with E-state index in [0.717, 1.165) is 37.2 Å². The van der Waals surface area contributed by atoms with E-state index in [9.17, 15) is 13.6 Å². The first kappa shape index (κ1) is 20.5. The SMILES string of the molecule is Cc1ccc(O[C@@H]2CC3CC[C@@H]2N(C(=O)c2cccc(F)c2-c2ncc(F)cn2)C3)nc1. The predicted octanol–water partition coefficient (Wildman–Crippen LogP) is 4.20. The fourth-order valence-electron chi connectivity index (χ4n) is 4.70. The number of rotatable bonds is 4. The molecule has 1 saturated carbocycles. The zero-order chi connectivity index (χ0) is 22.2. The Labute approximate surface area is 184 Å². The van der Waals surface area contributed by atoms with Gasteiger partial charge in [0.1, 0.15) is 11.9 Å². The molecule has 1 amide bonds. The highest BCUT2D eigenvalue weighted by Crippen LogP contribution is 2.38. The fourth-order valence-corrected chi connectivity index (χ4v) is 4.70. The largest absolute Gasteiger partial charge is 0.472 e. The van der Waals surface area contributed by atoms with Crippen molar-refractivity contribution in [2.45, 2.75) is 38.3 Å². The normalized spacial score (nSPS) is 22.1. The first-order chi connectivity index (χ1) is 15.5. The molecule has 0 radical (unpaired) electrons. The van der Waals surface area contributed by atoms with E-state index in [1.807, 2.05) is 19.1 Å². The number of halogens is 2.